The smallest absolute Gasteiger partial charge is 0.145 e. The van der Waals surface area contributed by atoms with Crippen molar-refractivity contribution in [2.75, 3.05) is 0 Å². The van der Waals surface area contributed by atoms with Crippen LogP contribution >= 0.6 is 0 Å². The Balaban J connectivity index is 1.13. The molecule has 3 nitrogen and oxygen atoms in total. The predicted octanol–water partition coefficient (Wildman–Crippen LogP) is 14.1. The number of hydrogen-bond acceptors (Lipinski definition) is 1. The summed E-state index contributed by atoms with van der Waals surface area (Å²) in [7, 11) is 0. The molecule has 3 heteroatoms. The van der Waals surface area contributed by atoms with Gasteiger partial charge in [-0.15, -0.1) is 0 Å². The van der Waals surface area contributed by atoms with Gasteiger partial charge in [-0.25, -0.2) is 0 Å². The molecule has 13 rings (SSSR count). The lowest BCUT2D eigenvalue weighted by atomic mass is 9.67. The van der Waals surface area contributed by atoms with Crippen LogP contribution in [0.25, 0.3) is 88.1 Å². The van der Waals surface area contributed by atoms with E-state index in [4.69, 9.17) is 4.42 Å². The van der Waals surface area contributed by atoms with Crippen LogP contribution in [0.5, 0.6) is 0 Å². The van der Waals surface area contributed by atoms with Gasteiger partial charge in [0.2, 0.25) is 0 Å². The van der Waals surface area contributed by atoms with Crippen LogP contribution in [-0.2, 0) is 5.41 Å². The highest BCUT2D eigenvalue weighted by Gasteiger charge is 2.46. The Morgan fingerprint density at radius 2 is 0.914 bits per heavy atom. The topological polar surface area (TPSA) is 23.0 Å². The normalized spacial score (nSPS) is 13.3. The van der Waals surface area contributed by atoms with Gasteiger partial charge in [-0.1, -0.05) is 140 Å². The molecule has 0 saturated carbocycles. The van der Waals surface area contributed by atoms with Crippen molar-refractivity contribution in [3.8, 4) is 22.5 Å². The van der Waals surface area contributed by atoms with Gasteiger partial charge in [0.25, 0.3) is 0 Å². The van der Waals surface area contributed by atoms with Crippen LogP contribution in [-0.4, -0.2) is 9.13 Å². The maximum Gasteiger partial charge on any atom is 0.145 e. The van der Waals surface area contributed by atoms with E-state index >= 15 is 0 Å². The summed E-state index contributed by atoms with van der Waals surface area (Å²) in [6, 6.07) is 75.4. The Morgan fingerprint density at radius 3 is 1.62 bits per heavy atom. The molecule has 58 heavy (non-hydrogen) atoms. The first-order valence-corrected chi connectivity index (χ1v) is 20.0. The molecular formula is C55H34N2O. The standard InChI is InChI=1S/C55H34N2O/c1-3-15-35(16-4-1)55(46-23-11-7-19-39(46)40-20-8-12-24-47(40)55)36-27-30-50-45(33-36)53-51(56(50)37-17-5-2-6-18-37)31-29-43-44-34-38(28-32-52(44)58-54(43)53)57-48-25-13-9-21-41(48)42-22-10-14-26-49(42)57/h1-34H. The molecule has 0 atom stereocenters. The number of nitrogens with zero attached hydrogens (tertiary/aromatic N) is 2. The maximum atomic E-state index is 7.04. The molecule has 1 aliphatic rings. The Hall–Kier alpha value is -7.62. The number of furan rings is 1. The van der Waals surface area contributed by atoms with Gasteiger partial charge < -0.3 is 13.6 Å². The Labute approximate surface area is 334 Å². The van der Waals surface area contributed by atoms with Crippen molar-refractivity contribution in [1.82, 2.24) is 9.13 Å². The summed E-state index contributed by atoms with van der Waals surface area (Å²) in [6.45, 7) is 0. The predicted molar refractivity (Wildman–Crippen MR) is 240 cm³/mol. The fourth-order valence-electron chi connectivity index (χ4n) is 10.5. The van der Waals surface area contributed by atoms with Crippen molar-refractivity contribution in [2.24, 2.45) is 0 Å². The van der Waals surface area contributed by atoms with E-state index in [0.29, 0.717) is 0 Å². The first-order chi connectivity index (χ1) is 28.8. The van der Waals surface area contributed by atoms with E-state index in [2.05, 4.69) is 215 Å². The summed E-state index contributed by atoms with van der Waals surface area (Å²) in [5, 5.41) is 7.00. The molecular weight excluding hydrogens is 705 g/mol. The fraction of sp³-hybridized carbons (Fsp3) is 0.0182. The average Bonchev–Trinajstić information content (AvgIpc) is 4.02. The molecule has 12 aromatic rings. The van der Waals surface area contributed by atoms with Crippen LogP contribution in [0.2, 0.25) is 0 Å². The molecule has 0 unspecified atom stereocenters. The van der Waals surface area contributed by atoms with Gasteiger partial charge in [0.1, 0.15) is 11.2 Å². The quantitative estimate of drug-likeness (QED) is 0.176. The van der Waals surface area contributed by atoms with Crippen molar-refractivity contribution in [3.63, 3.8) is 0 Å². The number of aromatic nitrogens is 2. The second kappa shape index (κ2) is 11.7. The van der Waals surface area contributed by atoms with E-state index in [1.165, 1.54) is 60.6 Å². The molecule has 0 saturated heterocycles. The lowest BCUT2D eigenvalue weighted by Gasteiger charge is -2.34. The molecule has 0 aliphatic heterocycles. The molecule has 1 aliphatic carbocycles. The van der Waals surface area contributed by atoms with Gasteiger partial charge in [-0.2, -0.15) is 0 Å². The average molecular weight is 739 g/mol. The summed E-state index contributed by atoms with van der Waals surface area (Å²) in [5.74, 6) is 0. The van der Waals surface area contributed by atoms with Gasteiger partial charge in [0, 0.05) is 38.3 Å². The van der Waals surface area contributed by atoms with Gasteiger partial charge in [0.15, 0.2) is 0 Å². The lowest BCUT2D eigenvalue weighted by Crippen LogP contribution is -2.28. The van der Waals surface area contributed by atoms with Crippen molar-refractivity contribution in [3.05, 3.63) is 229 Å². The Morgan fingerprint density at radius 1 is 0.345 bits per heavy atom. The second-order valence-corrected chi connectivity index (χ2v) is 15.6. The summed E-state index contributed by atoms with van der Waals surface area (Å²) >= 11 is 0. The third-order valence-electron chi connectivity index (χ3n) is 12.8. The summed E-state index contributed by atoms with van der Waals surface area (Å²) in [6.07, 6.45) is 0. The van der Waals surface area contributed by atoms with E-state index in [1.54, 1.807) is 0 Å². The fourth-order valence-corrected chi connectivity index (χ4v) is 10.5. The first-order valence-electron chi connectivity index (χ1n) is 20.0. The number of benzene rings is 9. The number of rotatable bonds is 4. The van der Waals surface area contributed by atoms with Gasteiger partial charge in [-0.3, -0.25) is 0 Å². The van der Waals surface area contributed by atoms with Crippen LogP contribution in [0.15, 0.2) is 211 Å². The summed E-state index contributed by atoms with van der Waals surface area (Å²) < 4.78 is 11.8. The largest absolute Gasteiger partial charge is 0.455 e. The van der Waals surface area contributed by atoms with Crippen molar-refractivity contribution in [2.45, 2.75) is 5.41 Å². The van der Waals surface area contributed by atoms with Crippen LogP contribution in [0.1, 0.15) is 22.3 Å². The van der Waals surface area contributed by atoms with E-state index in [1.807, 2.05) is 0 Å². The summed E-state index contributed by atoms with van der Waals surface area (Å²) in [5.41, 5.74) is 15.8. The zero-order valence-electron chi connectivity index (χ0n) is 31.4. The van der Waals surface area contributed by atoms with Crippen LogP contribution < -0.4 is 0 Å². The molecule has 0 bridgehead atoms. The van der Waals surface area contributed by atoms with Crippen LogP contribution in [0.3, 0.4) is 0 Å². The van der Waals surface area contributed by atoms with Crippen LogP contribution in [0, 0.1) is 0 Å². The monoisotopic (exact) mass is 738 g/mol. The highest BCUT2D eigenvalue weighted by Crippen LogP contribution is 2.56. The molecule has 0 spiro atoms. The minimum atomic E-state index is -0.511. The molecule has 0 N–H and O–H groups in total. The zero-order valence-corrected chi connectivity index (χ0v) is 31.4. The molecule has 0 radical (unpaired) electrons. The van der Waals surface area contributed by atoms with Crippen molar-refractivity contribution >= 4 is 65.6 Å². The number of hydrogen-bond donors (Lipinski definition) is 0. The van der Waals surface area contributed by atoms with Crippen molar-refractivity contribution in [1.29, 1.82) is 0 Å². The van der Waals surface area contributed by atoms with Crippen molar-refractivity contribution < 1.29 is 4.42 Å². The molecule has 0 fully saturated rings. The minimum absolute atomic E-state index is 0.511. The van der Waals surface area contributed by atoms with Gasteiger partial charge in [0.05, 0.1) is 32.9 Å². The van der Waals surface area contributed by atoms with E-state index in [-0.39, 0.29) is 0 Å². The highest BCUT2D eigenvalue weighted by molar-refractivity contribution is 6.24. The SMILES string of the molecule is c1ccc(-n2c3ccc(C4(c5ccccc5)c5ccccc5-c5ccccc54)cc3c3c4oc5ccc(-n6c7ccccc7c7ccccc76)cc5c4ccc32)cc1. The van der Waals surface area contributed by atoms with Crippen LogP contribution in [0.4, 0.5) is 0 Å². The molecule has 3 heterocycles. The third-order valence-corrected chi connectivity index (χ3v) is 12.8. The first kappa shape index (κ1) is 31.6. The van der Waals surface area contributed by atoms with E-state index in [0.717, 1.165) is 49.7 Å². The lowest BCUT2D eigenvalue weighted by molar-refractivity contribution is 0.673. The van der Waals surface area contributed by atoms with E-state index < -0.39 is 5.41 Å². The Kier molecular flexibility index (Phi) is 6.37. The van der Waals surface area contributed by atoms with Gasteiger partial charge in [-0.05, 0) is 100 Å². The maximum absolute atomic E-state index is 7.04. The number of fused-ring (bicyclic) bond motifs is 13. The van der Waals surface area contributed by atoms with E-state index in [9.17, 15) is 0 Å². The third kappa shape index (κ3) is 4.07. The molecule has 0 amide bonds. The second-order valence-electron chi connectivity index (χ2n) is 15.6. The zero-order chi connectivity index (χ0) is 38.0. The molecule has 270 valence electrons. The number of para-hydroxylation sites is 3. The molecule has 3 aromatic heterocycles. The highest BCUT2D eigenvalue weighted by atomic mass is 16.3. The summed E-state index contributed by atoms with van der Waals surface area (Å²) in [4.78, 5) is 0. The minimum Gasteiger partial charge on any atom is -0.455 e. The van der Waals surface area contributed by atoms with Gasteiger partial charge >= 0.3 is 0 Å². The molecule has 9 aromatic carbocycles. The Bertz CT molecular complexity index is 3520.